The van der Waals surface area contributed by atoms with Crippen LogP contribution < -0.4 is 4.74 Å². The minimum Gasteiger partial charge on any atom is -0.439 e. The van der Waals surface area contributed by atoms with Crippen molar-refractivity contribution in [2.75, 3.05) is 0 Å². The molecule has 0 aliphatic heterocycles. The van der Waals surface area contributed by atoms with Gasteiger partial charge in [0.15, 0.2) is 0 Å². The molecule has 0 saturated carbocycles. The van der Waals surface area contributed by atoms with E-state index in [1.54, 1.807) is 18.2 Å². The highest BCUT2D eigenvalue weighted by atomic mass is 19.1. The van der Waals surface area contributed by atoms with E-state index in [1.807, 2.05) is 13.0 Å². The van der Waals surface area contributed by atoms with Crippen molar-refractivity contribution >= 4 is 0 Å². The zero-order valence-electron chi connectivity index (χ0n) is 9.14. The minimum absolute atomic E-state index is 0.331. The highest BCUT2D eigenvalue weighted by Gasteiger charge is 2.04. The smallest absolute Gasteiger partial charge is 0.219 e. The van der Waals surface area contributed by atoms with E-state index in [4.69, 9.17) is 10.00 Å². The molecule has 0 aliphatic carbocycles. The molecule has 0 atom stereocenters. The van der Waals surface area contributed by atoms with Crippen LogP contribution in [0.3, 0.4) is 0 Å². The molecule has 0 bridgehead atoms. The normalized spacial score (nSPS) is 9.71. The van der Waals surface area contributed by atoms with E-state index < -0.39 is 0 Å². The molecule has 0 aliphatic rings. The second-order valence-corrected chi connectivity index (χ2v) is 3.51. The largest absolute Gasteiger partial charge is 0.439 e. The number of rotatable bonds is 2. The summed E-state index contributed by atoms with van der Waals surface area (Å²) in [6.07, 6.45) is 1.41. The van der Waals surface area contributed by atoms with Crippen LogP contribution in [-0.4, -0.2) is 4.98 Å². The number of pyridine rings is 1. The van der Waals surface area contributed by atoms with Gasteiger partial charge in [0.2, 0.25) is 5.88 Å². The molecule has 0 radical (unpaired) electrons. The highest BCUT2D eigenvalue weighted by Crippen LogP contribution is 2.24. The number of ether oxygens (including phenoxy) is 1. The van der Waals surface area contributed by atoms with E-state index in [0.29, 0.717) is 17.2 Å². The van der Waals surface area contributed by atoms with Gasteiger partial charge in [0.25, 0.3) is 0 Å². The lowest BCUT2D eigenvalue weighted by Crippen LogP contribution is -1.91. The Morgan fingerprint density at radius 1 is 1.29 bits per heavy atom. The summed E-state index contributed by atoms with van der Waals surface area (Å²) in [5.41, 5.74) is 1.27. The van der Waals surface area contributed by atoms with E-state index in [1.165, 1.54) is 18.3 Å². The van der Waals surface area contributed by atoms with E-state index in [0.717, 1.165) is 5.56 Å². The van der Waals surface area contributed by atoms with Gasteiger partial charge < -0.3 is 4.74 Å². The molecule has 0 saturated heterocycles. The van der Waals surface area contributed by atoms with Gasteiger partial charge in [-0.3, -0.25) is 0 Å². The van der Waals surface area contributed by atoms with E-state index in [-0.39, 0.29) is 5.82 Å². The fourth-order valence-electron chi connectivity index (χ4n) is 1.30. The van der Waals surface area contributed by atoms with Crippen molar-refractivity contribution in [3.8, 4) is 17.7 Å². The molecule has 84 valence electrons. The van der Waals surface area contributed by atoms with Crippen molar-refractivity contribution in [3.63, 3.8) is 0 Å². The first kappa shape index (κ1) is 11.1. The number of aryl methyl sites for hydroxylation is 1. The van der Waals surface area contributed by atoms with Crippen molar-refractivity contribution in [2.45, 2.75) is 6.92 Å². The maximum absolute atomic E-state index is 13.0. The van der Waals surface area contributed by atoms with Crippen LogP contribution in [-0.2, 0) is 0 Å². The zero-order chi connectivity index (χ0) is 12.3. The highest BCUT2D eigenvalue weighted by molar-refractivity contribution is 5.36. The lowest BCUT2D eigenvalue weighted by atomic mass is 10.2. The Morgan fingerprint density at radius 3 is 2.76 bits per heavy atom. The number of hydrogen-bond donors (Lipinski definition) is 0. The summed E-state index contributed by atoms with van der Waals surface area (Å²) in [5, 5.41) is 8.62. The molecule has 0 amide bonds. The average Bonchev–Trinajstić information content (AvgIpc) is 2.35. The minimum atomic E-state index is -0.362. The van der Waals surface area contributed by atoms with Gasteiger partial charge in [0.1, 0.15) is 17.6 Å². The monoisotopic (exact) mass is 228 g/mol. The third-order valence-electron chi connectivity index (χ3n) is 2.23. The third-order valence-corrected chi connectivity index (χ3v) is 2.23. The molecular weight excluding hydrogens is 219 g/mol. The summed E-state index contributed by atoms with van der Waals surface area (Å²) < 4.78 is 18.5. The third kappa shape index (κ3) is 2.58. The fraction of sp³-hybridized carbons (Fsp3) is 0.0769. The molecular formula is C13H9FN2O. The van der Waals surface area contributed by atoms with Gasteiger partial charge in [0.05, 0.1) is 5.56 Å². The van der Waals surface area contributed by atoms with Gasteiger partial charge in [-0.2, -0.15) is 5.26 Å². The van der Waals surface area contributed by atoms with E-state index >= 15 is 0 Å². The van der Waals surface area contributed by atoms with E-state index in [2.05, 4.69) is 4.98 Å². The Bertz CT molecular complexity index is 573. The fourth-order valence-corrected chi connectivity index (χ4v) is 1.30. The van der Waals surface area contributed by atoms with Crippen molar-refractivity contribution in [1.29, 1.82) is 5.26 Å². The Morgan fingerprint density at radius 2 is 2.12 bits per heavy atom. The standard InChI is InChI=1S/C13H9FN2O/c1-9-2-4-11(14)6-12(9)17-13-5-3-10(7-15)8-16-13/h2-6,8H,1H3. The summed E-state index contributed by atoms with van der Waals surface area (Å²) in [7, 11) is 0. The van der Waals surface area contributed by atoms with Gasteiger partial charge >= 0.3 is 0 Å². The van der Waals surface area contributed by atoms with Crippen molar-refractivity contribution in [3.05, 3.63) is 53.5 Å². The average molecular weight is 228 g/mol. The van der Waals surface area contributed by atoms with Crippen LogP contribution in [0, 0.1) is 24.1 Å². The van der Waals surface area contributed by atoms with Crippen molar-refractivity contribution in [1.82, 2.24) is 4.98 Å². The van der Waals surface area contributed by atoms with Crippen LogP contribution in [0.2, 0.25) is 0 Å². The Balaban J connectivity index is 2.25. The summed E-state index contributed by atoms with van der Waals surface area (Å²) in [6.45, 7) is 1.82. The van der Waals surface area contributed by atoms with Crippen LogP contribution in [0.15, 0.2) is 36.5 Å². The first-order valence-electron chi connectivity index (χ1n) is 4.99. The molecule has 0 spiro atoms. The molecule has 1 aromatic carbocycles. The predicted molar refractivity (Wildman–Crippen MR) is 60.2 cm³/mol. The Hall–Kier alpha value is -2.41. The molecule has 1 heterocycles. The molecule has 2 rings (SSSR count). The van der Waals surface area contributed by atoms with E-state index in [9.17, 15) is 4.39 Å². The molecule has 3 nitrogen and oxygen atoms in total. The second-order valence-electron chi connectivity index (χ2n) is 3.51. The Kier molecular flexibility index (Phi) is 3.01. The summed E-state index contributed by atoms with van der Waals surface area (Å²) in [5.74, 6) is 0.388. The molecule has 0 unspecified atom stereocenters. The predicted octanol–water partition coefficient (Wildman–Crippen LogP) is 3.19. The van der Waals surface area contributed by atoms with Gasteiger partial charge in [-0.05, 0) is 24.6 Å². The molecule has 2 aromatic rings. The number of aromatic nitrogens is 1. The Labute approximate surface area is 98.1 Å². The molecule has 0 fully saturated rings. The van der Waals surface area contributed by atoms with Crippen molar-refractivity contribution < 1.29 is 9.13 Å². The number of nitriles is 1. The summed E-state index contributed by atoms with van der Waals surface area (Å²) in [4.78, 5) is 3.95. The first-order chi connectivity index (χ1) is 8.19. The zero-order valence-corrected chi connectivity index (χ0v) is 9.14. The van der Waals surface area contributed by atoms with Crippen LogP contribution in [0.25, 0.3) is 0 Å². The lowest BCUT2D eigenvalue weighted by molar-refractivity contribution is 0.454. The van der Waals surface area contributed by atoms with Gasteiger partial charge in [-0.25, -0.2) is 9.37 Å². The molecule has 4 heteroatoms. The number of nitrogens with zero attached hydrogens (tertiary/aromatic N) is 2. The lowest BCUT2D eigenvalue weighted by Gasteiger charge is -2.07. The number of hydrogen-bond acceptors (Lipinski definition) is 3. The summed E-state index contributed by atoms with van der Waals surface area (Å²) in [6, 6.07) is 9.43. The number of benzene rings is 1. The van der Waals surface area contributed by atoms with Gasteiger partial charge in [-0.15, -0.1) is 0 Å². The quantitative estimate of drug-likeness (QED) is 0.792. The maximum atomic E-state index is 13.0. The van der Waals surface area contributed by atoms with Crippen molar-refractivity contribution in [2.24, 2.45) is 0 Å². The van der Waals surface area contributed by atoms with Gasteiger partial charge in [-0.1, -0.05) is 6.07 Å². The molecule has 17 heavy (non-hydrogen) atoms. The first-order valence-corrected chi connectivity index (χ1v) is 4.99. The van der Waals surface area contributed by atoms with Crippen LogP contribution in [0.5, 0.6) is 11.6 Å². The number of halogens is 1. The summed E-state index contributed by atoms with van der Waals surface area (Å²) >= 11 is 0. The topological polar surface area (TPSA) is 45.9 Å². The maximum Gasteiger partial charge on any atom is 0.219 e. The SMILES string of the molecule is Cc1ccc(F)cc1Oc1ccc(C#N)cn1. The second kappa shape index (κ2) is 4.62. The molecule has 1 aromatic heterocycles. The van der Waals surface area contributed by atoms with Crippen LogP contribution in [0.4, 0.5) is 4.39 Å². The molecule has 0 N–H and O–H groups in total. The van der Waals surface area contributed by atoms with Crippen LogP contribution in [0.1, 0.15) is 11.1 Å². The van der Waals surface area contributed by atoms with Gasteiger partial charge in [0, 0.05) is 18.3 Å². The van der Waals surface area contributed by atoms with Crippen LogP contribution >= 0.6 is 0 Å².